The predicted octanol–water partition coefficient (Wildman–Crippen LogP) is 4.89. The Morgan fingerprint density at radius 1 is 0.903 bits per heavy atom. The molecule has 7 heteroatoms. The van der Waals surface area contributed by atoms with Gasteiger partial charge in [-0.15, -0.1) is 0 Å². The number of nitrogens with zero attached hydrogens (tertiary/aromatic N) is 2. The molecule has 2 aliphatic rings. The first-order chi connectivity index (χ1) is 15.1. The van der Waals surface area contributed by atoms with Crippen LogP contribution in [0.3, 0.4) is 0 Å². The molecule has 0 aliphatic carbocycles. The van der Waals surface area contributed by atoms with E-state index in [0.29, 0.717) is 22.8 Å². The minimum Gasteiger partial charge on any atom is -0.370 e. The Morgan fingerprint density at radius 2 is 1.65 bits per heavy atom. The molecule has 0 spiro atoms. The zero-order chi connectivity index (χ0) is 21.6. The third-order valence-electron chi connectivity index (χ3n) is 5.92. The van der Waals surface area contributed by atoms with E-state index in [1.54, 1.807) is 6.07 Å². The minimum atomic E-state index is -0.307. The van der Waals surface area contributed by atoms with Crippen LogP contribution in [0.2, 0.25) is 5.02 Å². The molecule has 2 aliphatic heterocycles. The van der Waals surface area contributed by atoms with Crippen molar-refractivity contribution in [1.82, 2.24) is 10.2 Å². The predicted molar refractivity (Wildman–Crippen MR) is 125 cm³/mol. The lowest BCUT2D eigenvalue weighted by molar-refractivity contribution is 0.0792. The summed E-state index contributed by atoms with van der Waals surface area (Å²) in [4.78, 5) is 29.1. The molecule has 2 heterocycles. The molecule has 2 saturated heterocycles. The number of rotatable bonds is 5. The molecular weight excluding hydrogens is 412 g/mol. The highest BCUT2D eigenvalue weighted by atomic mass is 35.5. The van der Waals surface area contributed by atoms with E-state index in [0.717, 1.165) is 50.3 Å². The Bertz CT molecular complexity index is 937. The van der Waals surface area contributed by atoms with Crippen LogP contribution in [0.4, 0.5) is 16.2 Å². The summed E-state index contributed by atoms with van der Waals surface area (Å²) in [7, 11) is 0. The van der Waals surface area contributed by atoms with E-state index in [9.17, 15) is 9.59 Å². The van der Waals surface area contributed by atoms with Crippen molar-refractivity contribution in [2.75, 3.05) is 36.4 Å². The zero-order valence-electron chi connectivity index (χ0n) is 17.7. The third kappa shape index (κ3) is 5.50. The Kier molecular flexibility index (Phi) is 6.97. The molecule has 2 aromatic rings. The Morgan fingerprint density at radius 3 is 2.39 bits per heavy atom. The number of carbonyl (C=O) groups excluding carboxylic acids is 2. The molecule has 0 bridgehead atoms. The maximum atomic E-state index is 12.6. The molecule has 0 unspecified atom stereocenters. The fourth-order valence-corrected chi connectivity index (χ4v) is 4.55. The summed E-state index contributed by atoms with van der Waals surface area (Å²) in [6.45, 7) is 4.02. The van der Waals surface area contributed by atoms with Gasteiger partial charge in [-0.2, -0.15) is 0 Å². The Hall–Kier alpha value is -2.73. The molecule has 0 radical (unpaired) electrons. The summed E-state index contributed by atoms with van der Waals surface area (Å²) in [6, 6.07) is 12.8. The van der Waals surface area contributed by atoms with Crippen molar-refractivity contribution < 1.29 is 9.59 Å². The maximum absolute atomic E-state index is 12.6. The van der Waals surface area contributed by atoms with Crippen LogP contribution in [0.5, 0.6) is 0 Å². The number of carbonyl (C=O) groups is 2. The highest BCUT2D eigenvalue weighted by Gasteiger charge is 2.19. The van der Waals surface area contributed by atoms with Crippen LogP contribution >= 0.6 is 11.6 Å². The minimum absolute atomic E-state index is 0.0623. The average molecular weight is 441 g/mol. The largest absolute Gasteiger partial charge is 0.370 e. The molecular formula is C24H29ClN4O2. The van der Waals surface area contributed by atoms with Crippen molar-refractivity contribution in [3.05, 3.63) is 58.6 Å². The summed E-state index contributed by atoms with van der Waals surface area (Å²) in [5.74, 6) is 0.0623. The summed E-state index contributed by atoms with van der Waals surface area (Å²) in [5, 5.41) is 6.34. The SMILES string of the molecule is O=C(NCc1cccc(C(=O)N2CCCC2)c1)Nc1ccc(N2CCCCC2)c(Cl)c1. The molecule has 2 aromatic carbocycles. The molecule has 0 saturated carbocycles. The lowest BCUT2D eigenvalue weighted by Gasteiger charge is -2.29. The maximum Gasteiger partial charge on any atom is 0.319 e. The van der Waals surface area contributed by atoms with Gasteiger partial charge >= 0.3 is 6.03 Å². The molecule has 0 aromatic heterocycles. The van der Waals surface area contributed by atoms with Crippen molar-refractivity contribution >= 4 is 34.9 Å². The van der Waals surface area contributed by atoms with E-state index in [4.69, 9.17) is 11.6 Å². The molecule has 2 fully saturated rings. The molecule has 31 heavy (non-hydrogen) atoms. The van der Waals surface area contributed by atoms with Gasteiger partial charge in [0.25, 0.3) is 5.91 Å². The van der Waals surface area contributed by atoms with Crippen LogP contribution in [0.1, 0.15) is 48.0 Å². The van der Waals surface area contributed by atoms with Crippen LogP contribution in [-0.4, -0.2) is 43.0 Å². The fraction of sp³-hybridized carbons (Fsp3) is 0.417. The number of anilines is 2. The molecule has 3 amide bonds. The number of amides is 3. The van der Waals surface area contributed by atoms with Crippen LogP contribution in [-0.2, 0) is 6.54 Å². The molecule has 2 N–H and O–H groups in total. The van der Waals surface area contributed by atoms with E-state index >= 15 is 0 Å². The van der Waals surface area contributed by atoms with Crippen molar-refractivity contribution in [1.29, 1.82) is 0 Å². The number of hydrogen-bond donors (Lipinski definition) is 2. The second-order valence-corrected chi connectivity index (χ2v) is 8.63. The molecule has 0 atom stereocenters. The van der Waals surface area contributed by atoms with Gasteiger partial charge in [-0.1, -0.05) is 23.7 Å². The summed E-state index contributed by atoms with van der Waals surface area (Å²) in [5.41, 5.74) is 3.23. The first-order valence-corrected chi connectivity index (χ1v) is 11.5. The molecule has 4 rings (SSSR count). The number of nitrogens with one attached hydrogen (secondary N) is 2. The van der Waals surface area contributed by atoms with E-state index < -0.39 is 0 Å². The third-order valence-corrected chi connectivity index (χ3v) is 6.23. The van der Waals surface area contributed by atoms with Gasteiger partial charge in [-0.25, -0.2) is 4.79 Å². The highest BCUT2D eigenvalue weighted by molar-refractivity contribution is 6.33. The molecule has 164 valence electrons. The number of hydrogen-bond acceptors (Lipinski definition) is 3. The van der Waals surface area contributed by atoms with Gasteiger partial charge in [0.15, 0.2) is 0 Å². The van der Waals surface area contributed by atoms with E-state index in [1.165, 1.54) is 19.3 Å². The number of benzene rings is 2. The number of halogens is 1. The summed E-state index contributed by atoms with van der Waals surface area (Å²) < 4.78 is 0. The fourth-order valence-electron chi connectivity index (χ4n) is 4.25. The number of urea groups is 1. The van der Waals surface area contributed by atoms with Crippen LogP contribution < -0.4 is 15.5 Å². The van der Waals surface area contributed by atoms with Gasteiger partial charge in [0.05, 0.1) is 10.7 Å². The average Bonchev–Trinajstić information content (AvgIpc) is 3.33. The van der Waals surface area contributed by atoms with Crippen molar-refractivity contribution in [2.45, 2.75) is 38.6 Å². The zero-order valence-corrected chi connectivity index (χ0v) is 18.5. The smallest absolute Gasteiger partial charge is 0.319 e. The second kappa shape index (κ2) is 10.1. The quantitative estimate of drug-likeness (QED) is 0.695. The van der Waals surface area contributed by atoms with Crippen LogP contribution in [0.15, 0.2) is 42.5 Å². The van der Waals surface area contributed by atoms with Gasteiger partial charge < -0.3 is 20.4 Å². The van der Waals surface area contributed by atoms with E-state index in [1.807, 2.05) is 41.3 Å². The van der Waals surface area contributed by atoms with E-state index in [-0.39, 0.29) is 11.9 Å². The van der Waals surface area contributed by atoms with Crippen molar-refractivity contribution in [2.24, 2.45) is 0 Å². The Balaban J connectivity index is 1.31. The van der Waals surface area contributed by atoms with Gasteiger partial charge in [-0.05, 0) is 68.0 Å². The van der Waals surface area contributed by atoms with E-state index in [2.05, 4.69) is 15.5 Å². The lowest BCUT2D eigenvalue weighted by atomic mass is 10.1. The standard InChI is InChI=1S/C24H29ClN4O2/c25-21-16-20(9-10-22(21)28-11-2-1-3-12-28)27-24(31)26-17-18-7-6-8-19(15-18)23(30)29-13-4-5-14-29/h6-10,15-16H,1-5,11-14,17H2,(H2,26,27,31). The van der Waals surface area contributed by atoms with Crippen LogP contribution in [0.25, 0.3) is 0 Å². The second-order valence-electron chi connectivity index (χ2n) is 8.22. The van der Waals surface area contributed by atoms with Crippen molar-refractivity contribution in [3.8, 4) is 0 Å². The topological polar surface area (TPSA) is 64.7 Å². The molecule has 6 nitrogen and oxygen atoms in total. The summed E-state index contributed by atoms with van der Waals surface area (Å²) in [6.07, 6.45) is 5.77. The number of piperidine rings is 1. The monoisotopic (exact) mass is 440 g/mol. The first-order valence-electron chi connectivity index (χ1n) is 11.1. The van der Waals surface area contributed by atoms with Gasteiger partial charge in [0.1, 0.15) is 0 Å². The lowest BCUT2D eigenvalue weighted by Crippen LogP contribution is -2.30. The van der Waals surface area contributed by atoms with Crippen LogP contribution in [0, 0.1) is 0 Å². The van der Waals surface area contributed by atoms with Gasteiger partial charge in [-0.3, -0.25) is 4.79 Å². The van der Waals surface area contributed by atoms with Gasteiger partial charge in [0.2, 0.25) is 0 Å². The Labute approximate surface area is 188 Å². The van der Waals surface area contributed by atoms with Gasteiger partial charge in [0, 0.05) is 44.0 Å². The first kappa shape index (κ1) is 21.5. The highest BCUT2D eigenvalue weighted by Crippen LogP contribution is 2.30. The number of likely N-dealkylation sites (tertiary alicyclic amines) is 1. The summed E-state index contributed by atoms with van der Waals surface area (Å²) >= 11 is 6.47. The van der Waals surface area contributed by atoms with Crippen molar-refractivity contribution in [3.63, 3.8) is 0 Å². The normalized spacial score (nSPS) is 16.3.